The van der Waals surface area contributed by atoms with Crippen molar-refractivity contribution in [3.05, 3.63) is 29.3 Å². The summed E-state index contributed by atoms with van der Waals surface area (Å²) >= 11 is 0. The van der Waals surface area contributed by atoms with Crippen molar-refractivity contribution < 1.29 is 32.0 Å². The molecular weight excluding hydrogens is 287 g/mol. The standard InChI is InChI=1S/C10H10O7S.Na.H/c1-16-9(11)6-4-3-5-7(10(12)17-2)8(6)18(13,14)15;;/h3-5H,1-2H3,(H,13,14,15);;. The first-order valence-electron chi connectivity index (χ1n) is 4.60. The van der Waals surface area contributed by atoms with Crippen LogP contribution in [-0.2, 0) is 19.6 Å². The fourth-order valence-electron chi connectivity index (χ4n) is 1.36. The van der Waals surface area contributed by atoms with Gasteiger partial charge in [0.15, 0.2) is 0 Å². The average molecular weight is 298 g/mol. The summed E-state index contributed by atoms with van der Waals surface area (Å²) in [5.41, 5.74) is -0.884. The van der Waals surface area contributed by atoms with E-state index in [-0.39, 0.29) is 29.6 Å². The van der Waals surface area contributed by atoms with Crippen molar-refractivity contribution >= 4 is 51.6 Å². The van der Waals surface area contributed by atoms with Gasteiger partial charge in [-0.15, -0.1) is 0 Å². The third-order valence-electron chi connectivity index (χ3n) is 2.08. The van der Waals surface area contributed by atoms with Gasteiger partial charge in [-0.1, -0.05) is 6.07 Å². The molecule has 19 heavy (non-hydrogen) atoms. The number of hydrogen-bond acceptors (Lipinski definition) is 6. The number of carbonyl (C=O) groups is 2. The first-order chi connectivity index (χ1) is 8.32. The Morgan fingerprint density at radius 3 is 1.68 bits per heavy atom. The molecule has 0 bridgehead atoms. The van der Waals surface area contributed by atoms with Crippen molar-refractivity contribution in [1.29, 1.82) is 0 Å². The summed E-state index contributed by atoms with van der Waals surface area (Å²) in [6.07, 6.45) is 0. The SMILES string of the molecule is COC(=O)c1cccc(C(=O)OC)c1S(=O)(=O)O.[NaH]. The number of ether oxygens (including phenoxy) is 2. The molecule has 0 heterocycles. The molecule has 1 aromatic carbocycles. The van der Waals surface area contributed by atoms with E-state index in [1.165, 1.54) is 6.07 Å². The molecule has 0 amide bonds. The minimum absolute atomic E-state index is 0. The number of methoxy groups -OCH3 is 2. The van der Waals surface area contributed by atoms with E-state index in [2.05, 4.69) is 9.47 Å². The molecule has 0 atom stereocenters. The Morgan fingerprint density at radius 2 is 1.42 bits per heavy atom. The van der Waals surface area contributed by atoms with Gasteiger partial charge >= 0.3 is 41.5 Å². The van der Waals surface area contributed by atoms with Crippen LogP contribution in [0.5, 0.6) is 0 Å². The number of benzene rings is 1. The van der Waals surface area contributed by atoms with Crippen molar-refractivity contribution in [2.75, 3.05) is 14.2 Å². The van der Waals surface area contributed by atoms with Crippen molar-refractivity contribution in [3.8, 4) is 0 Å². The zero-order valence-electron chi connectivity index (χ0n) is 9.54. The van der Waals surface area contributed by atoms with E-state index >= 15 is 0 Å². The van der Waals surface area contributed by atoms with Crippen molar-refractivity contribution in [2.24, 2.45) is 0 Å². The Hall–Kier alpha value is -0.930. The Bertz CT molecular complexity index is 560. The molecule has 1 aromatic rings. The number of hydrogen-bond donors (Lipinski definition) is 1. The second-order valence-electron chi connectivity index (χ2n) is 3.14. The van der Waals surface area contributed by atoms with Crippen LogP contribution in [0.1, 0.15) is 20.7 Å². The molecule has 1 rings (SSSR count). The van der Waals surface area contributed by atoms with Crippen LogP contribution < -0.4 is 0 Å². The van der Waals surface area contributed by atoms with E-state index in [1.807, 2.05) is 0 Å². The van der Waals surface area contributed by atoms with Gasteiger partial charge in [-0.2, -0.15) is 8.42 Å². The molecule has 7 nitrogen and oxygen atoms in total. The fourth-order valence-corrected chi connectivity index (χ4v) is 2.21. The summed E-state index contributed by atoms with van der Waals surface area (Å²) in [5.74, 6) is -1.98. The van der Waals surface area contributed by atoms with Crippen LogP contribution in [0.4, 0.5) is 0 Å². The van der Waals surface area contributed by atoms with Crippen molar-refractivity contribution in [2.45, 2.75) is 4.90 Å². The summed E-state index contributed by atoms with van der Waals surface area (Å²) in [6.45, 7) is 0. The van der Waals surface area contributed by atoms with Gasteiger partial charge in [0.2, 0.25) is 0 Å². The summed E-state index contributed by atoms with van der Waals surface area (Å²) in [7, 11) is -2.69. The molecule has 0 saturated heterocycles. The molecule has 100 valence electrons. The summed E-state index contributed by atoms with van der Waals surface area (Å²) in [6, 6.07) is 3.50. The van der Waals surface area contributed by atoms with E-state index in [9.17, 15) is 18.0 Å². The van der Waals surface area contributed by atoms with Gasteiger partial charge in [0, 0.05) is 0 Å². The predicted molar refractivity (Wildman–Crippen MR) is 66.1 cm³/mol. The van der Waals surface area contributed by atoms with Crippen LogP contribution in [-0.4, -0.2) is 68.7 Å². The van der Waals surface area contributed by atoms with E-state index in [0.29, 0.717) is 0 Å². The van der Waals surface area contributed by atoms with Gasteiger partial charge in [-0.3, -0.25) is 4.55 Å². The van der Waals surface area contributed by atoms with E-state index < -0.39 is 38.1 Å². The zero-order chi connectivity index (χ0) is 13.9. The first-order valence-corrected chi connectivity index (χ1v) is 6.04. The van der Waals surface area contributed by atoms with Gasteiger partial charge in [-0.25, -0.2) is 9.59 Å². The molecule has 0 aromatic heterocycles. The number of esters is 2. The van der Waals surface area contributed by atoms with E-state index in [4.69, 9.17) is 4.55 Å². The molecular formula is C10H11NaO7S. The van der Waals surface area contributed by atoms with Crippen LogP contribution in [0.2, 0.25) is 0 Å². The average Bonchev–Trinajstić information content (AvgIpc) is 2.34. The number of carbonyl (C=O) groups excluding carboxylic acids is 2. The summed E-state index contributed by atoms with van der Waals surface area (Å²) in [4.78, 5) is 22.0. The second-order valence-corrected chi connectivity index (χ2v) is 4.50. The van der Waals surface area contributed by atoms with Crippen LogP contribution in [0.15, 0.2) is 23.1 Å². The molecule has 0 aliphatic heterocycles. The topological polar surface area (TPSA) is 107 Å². The fraction of sp³-hybridized carbons (Fsp3) is 0.200. The normalized spacial score (nSPS) is 10.3. The maximum absolute atomic E-state index is 11.4. The second kappa shape index (κ2) is 7.01. The molecule has 0 spiro atoms. The van der Waals surface area contributed by atoms with E-state index in [0.717, 1.165) is 26.4 Å². The van der Waals surface area contributed by atoms with Gasteiger partial charge in [0.05, 0.1) is 25.3 Å². The maximum atomic E-state index is 11.4. The van der Waals surface area contributed by atoms with E-state index in [1.54, 1.807) is 0 Å². The molecule has 0 fully saturated rings. The van der Waals surface area contributed by atoms with Crippen molar-refractivity contribution in [1.82, 2.24) is 0 Å². The van der Waals surface area contributed by atoms with Crippen LogP contribution in [0.25, 0.3) is 0 Å². The minimum atomic E-state index is -4.78. The quantitative estimate of drug-likeness (QED) is 0.470. The molecule has 1 N–H and O–H groups in total. The Morgan fingerprint density at radius 1 is 1.05 bits per heavy atom. The molecule has 0 radical (unpaired) electrons. The third-order valence-corrected chi connectivity index (χ3v) is 3.04. The molecule has 0 saturated carbocycles. The molecule has 0 aliphatic carbocycles. The van der Waals surface area contributed by atoms with Gasteiger partial charge < -0.3 is 9.47 Å². The van der Waals surface area contributed by atoms with Crippen LogP contribution >= 0.6 is 0 Å². The number of rotatable bonds is 3. The molecule has 0 unspecified atom stereocenters. The summed E-state index contributed by atoms with van der Waals surface area (Å²) < 4.78 is 40.4. The predicted octanol–water partition coefficient (Wildman–Crippen LogP) is -0.142. The third kappa shape index (κ3) is 4.02. The molecule has 0 aliphatic rings. The van der Waals surface area contributed by atoms with Gasteiger partial charge in [-0.05, 0) is 12.1 Å². The Kier molecular flexibility index (Phi) is 6.67. The molecule has 9 heteroatoms. The monoisotopic (exact) mass is 298 g/mol. The van der Waals surface area contributed by atoms with Gasteiger partial charge in [0.1, 0.15) is 4.90 Å². The van der Waals surface area contributed by atoms with Gasteiger partial charge in [0.25, 0.3) is 10.1 Å². The Balaban J connectivity index is 0.00000324. The van der Waals surface area contributed by atoms with Crippen LogP contribution in [0.3, 0.4) is 0 Å². The first kappa shape index (κ1) is 18.1. The zero-order valence-corrected chi connectivity index (χ0v) is 10.4. The van der Waals surface area contributed by atoms with Crippen LogP contribution in [0, 0.1) is 0 Å². The Labute approximate surface area is 131 Å². The summed E-state index contributed by atoms with van der Waals surface area (Å²) in [5, 5.41) is 0. The van der Waals surface area contributed by atoms with Crippen molar-refractivity contribution in [3.63, 3.8) is 0 Å².